The van der Waals surface area contributed by atoms with Crippen molar-refractivity contribution >= 4 is 11.8 Å². The number of methoxy groups -OCH3 is 3. The Bertz CT molecular complexity index is 934. The summed E-state index contributed by atoms with van der Waals surface area (Å²) in [5.41, 5.74) is 1.91. The maximum Gasteiger partial charge on any atom is 0.412 e. The summed E-state index contributed by atoms with van der Waals surface area (Å²) in [6.07, 6.45) is -0.752. The van der Waals surface area contributed by atoms with Crippen LogP contribution in [0.15, 0.2) is 30.3 Å². The second-order valence-corrected chi connectivity index (χ2v) is 8.17. The SMILES string of the molecule is COc1ccc(C2Oc3c(OC)cc(NC(=O)OC(C)(C)C)cc3C2C)cc1OC. The molecular weight excluding hydrogens is 386 g/mol. The topological polar surface area (TPSA) is 75.2 Å². The minimum atomic E-state index is -0.584. The van der Waals surface area contributed by atoms with Crippen LogP contribution in [0, 0.1) is 0 Å². The zero-order chi connectivity index (χ0) is 22.1. The lowest BCUT2D eigenvalue weighted by atomic mass is 9.92. The largest absolute Gasteiger partial charge is 0.493 e. The molecule has 2 atom stereocenters. The van der Waals surface area contributed by atoms with Crippen LogP contribution in [-0.2, 0) is 4.74 Å². The van der Waals surface area contributed by atoms with E-state index in [9.17, 15) is 4.79 Å². The van der Waals surface area contributed by atoms with Gasteiger partial charge in [0.05, 0.1) is 21.3 Å². The van der Waals surface area contributed by atoms with Crippen LogP contribution in [0.4, 0.5) is 10.5 Å². The van der Waals surface area contributed by atoms with Crippen molar-refractivity contribution < 1.29 is 28.5 Å². The minimum absolute atomic E-state index is 0.0207. The summed E-state index contributed by atoms with van der Waals surface area (Å²) < 4.78 is 27.9. The number of hydrogen-bond acceptors (Lipinski definition) is 6. The van der Waals surface area contributed by atoms with E-state index in [1.165, 1.54) is 0 Å². The summed E-state index contributed by atoms with van der Waals surface area (Å²) in [5, 5.41) is 2.78. The molecule has 0 fully saturated rings. The van der Waals surface area contributed by atoms with Crippen molar-refractivity contribution in [2.24, 2.45) is 0 Å². The van der Waals surface area contributed by atoms with E-state index in [4.69, 9.17) is 23.7 Å². The van der Waals surface area contributed by atoms with Crippen LogP contribution in [0.5, 0.6) is 23.0 Å². The standard InChI is InChI=1S/C23H29NO6/c1-13-16-11-15(24-22(25)30-23(2,3)4)12-19(28-7)21(16)29-20(13)14-8-9-17(26-5)18(10-14)27-6/h8-13,20H,1-7H3,(H,24,25). The number of amides is 1. The van der Waals surface area contributed by atoms with Crippen molar-refractivity contribution in [2.45, 2.75) is 45.3 Å². The molecule has 7 heteroatoms. The second-order valence-electron chi connectivity index (χ2n) is 8.17. The van der Waals surface area contributed by atoms with Gasteiger partial charge in [-0.05, 0) is 44.5 Å². The number of anilines is 1. The van der Waals surface area contributed by atoms with E-state index in [0.717, 1.165) is 11.1 Å². The molecule has 1 amide bonds. The number of carbonyl (C=O) groups excluding carboxylic acids is 1. The van der Waals surface area contributed by atoms with Gasteiger partial charge in [0.25, 0.3) is 0 Å². The average molecular weight is 415 g/mol. The summed E-state index contributed by atoms with van der Waals surface area (Å²) >= 11 is 0. The summed E-state index contributed by atoms with van der Waals surface area (Å²) in [6.45, 7) is 7.53. The first kappa shape index (κ1) is 21.6. The molecular formula is C23H29NO6. The zero-order valence-electron chi connectivity index (χ0n) is 18.5. The van der Waals surface area contributed by atoms with Crippen molar-refractivity contribution in [3.63, 3.8) is 0 Å². The minimum Gasteiger partial charge on any atom is -0.493 e. The first-order chi connectivity index (χ1) is 14.2. The van der Waals surface area contributed by atoms with Crippen LogP contribution >= 0.6 is 0 Å². The molecule has 0 aliphatic carbocycles. The molecule has 0 radical (unpaired) electrons. The molecule has 162 valence electrons. The highest BCUT2D eigenvalue weighted by molar-refractivity contribution is 5.86. The first-order valence-electron chi connectivity index (χ1n) is 9.77. The van der Waals surface area contributed by atoms with Crippen LogP contribution < -0.4 is 24.3 Å². The van der Waals surface area contributed by atoms with E-state index < -0.39 is 11.7 Å². The highest BCUT2D eigenvalue weighted by Crippen LogP contribution is 2.52. The molecule has 1 N–H and O–H groups in total. The molecule has 7 nitrogen and oxygen atoms in total. The van der Waals surface area contributed by atoms with Gasteiger partial charge in [-0.3, -0.25) is 5.32 Å². The average Bonchev–Trinajstić information content (AvgIpc) is 3.02. The summed E-state index contributed by atoms with van der Waals surface area (Å²) in [4.78, 5) is 12.2. The van der Waals surface area contributed by atoms with Crippen LogP contribution in [0.25, 0.3) is 0 Å². The van der Waals surface area contributed by atoms with Crippen molar-refractivity contribution in [1.82, 2.24) is 0 Å². The summed E-state index contributed by atoms with van der Waals surface area (Å²) in [5.74, 6) is 2.53. The van der Waals surface area contributed by atoms with Gasteiger partial charge in [0, 0.05) is 23.2 Å². The number of fused-ring (bicyclic) bond motifs is 1. The van der Waals surface area contributed by atoms with Gasteiger partial charge in [0.15, 0.2) is 23.0 Å². The molecule has 0 saturated heterocycles. The Kier molecular flexibility index (Phi) is 6.01. The lowest BCUT2D eigenvalue weighted by Gasteiger charge is -2.20. The molecule has 2 aromatic rings. The molecule has 1 heterocycles. The fraction of sp³-hybridized carbons (Fsp3) is 0.435. The molecule has 2 unspecified atom stereocenters. The Hall–Kier alpha value is -3.09. The third kappa shape index (κ3) is 4.40. The van der Waals surface area contributed by atoms with Gasteiger partial charge in [0.1, 0.15) is 11.7 Å². The van der Waals surface area contributed by atoms with E-state index >= 15 is 0 Å². The molecule has 0 bridgehead atoms. The molecule has 3 rings (SSSR count). The molecule has 30 heavy (non-hydrogen) atoms. The van der Waals surface area contributed by atoms with Gasteiger partial charge in [0.2, 0.25) is 0 Å². The Morgan fingerprint density at radius 3 is 2.23 bits per heavy atom. The number of rotatable bonds is 5. The fourth-order valence-electron chi connectivity index (χ4n) is 3.51. The van der Waals surface area contributed by atoms with Gasteiger partial charge in [-0.15, -0.1) is 0 Å². The number of carbonyl (C=O) groups is 1. The fourth-order valence-corrected chi connectivity index (χ4v) is 3.51. The number of ether oxygens (including phenoxy) is 5. The maximum absolute atomic E-state index is 12.2. The predicted octanol–water partition coefficient (Wildman–Crippen LogP) is 5.30. The third-order valence-electron chi connectivity index (χ3n) is 4.87. The monoisotopic (exact) mass is 415 g/mol. The molecule has 1 aliphatic heterocycles. The van der Waals surface area contributed by atoms with Crippen molar-refractivity contribution in [1.29, 1.82) is 0 Å². The summed E-state index contributed by atoms with van der Waals surface area (Å²) in [7, 11) is 4.78. The molecule has 0 saturated carbocycles. The second kappa shape index (κ2) is 8.34. The quantitative estimate of drug-likeness (QED) is 0.715. The highest BCUT2D eigenvalue weighted by Gasteiger charge is 2.35. The van der Waals surface area contributed by atoms with E-state index in [-0.39, 0.29) is 12.0 Å². The Labute approximate surface area is 177 Å². The van der Waals surface area contributed by atoms with Gasteiger partial charge in [-0.1, -0.05) is 13.0 Å². The lowest BCUT2D eigenvalue weighted by Crippen LogP contribution is -2.27. The third-order valence-corrected chi connectivity index (χ3v) is 4.87. The van der Waals surface area contributed by atoms with E-state index in [1.807, 2.05) is 45.0 Å². The molecule has 1 aliphatic rings. The zero-order valence-corrected chi connectivity index (χ0v) is 18.5. The number of benzene rings is 2. The van der Waals surface area contributed by atoms with Crippen molar-refractivity contribution in [2.75, 3.05) is 26.6 Å². The van der Waals surface area contributed by atoms with Crippen LogP contribution in [-0.4, -0.2) is 33.0 Å². The van der Waals surface area contributed by atoms with Crippen LogP contribution in [0.1, 0.15) is 50.8 Å². The smallest absolute Gasteiger partial charge is 0.412 e. The molecule has 0 spiro atoms. The van der Waals surface area contributed by atoms with Gasteiger partial charge in [-0.25, -0.2) is 4.79 Å². The first-order valence-corrected chi connectivity index (χ1v) is 9.77. The van der Waals surface area contributed by atoms with Gasteiger partial charge in [-0.2, -0.15) is 0 Å². The Morgan fingerprint density at radius 1 is 0.967 bits per heavy atom. The van der Waals surface area contributed by atoms with Gasteiger partial charge < -0.3 is 23.7 Å². The van der Waals surface area contributed by atoms with Crippen LogP contribution in [0.3, 0.4) is 0 Å². The Morgan fingerprint density at radius 2 is 1.63 bits per heavy atom. The molecule has 2 aromatic carbocycles. The van der Waals surface area contributed by atoms with Crippen LogP contribution in [0.2, 0.25) is 0 Å². The van der Waals surface area contributed by atoms with E-state index in [2.05, 4.69) is 12.2 Å². The number of hydrogen-bond donors (Lipinski definition) is 1. The van der Waals surface area contributed by atoms with Gasteiger partial charge >= 0.3 is 6.09 Å². The predicted molar refractivity (Wildman–Crippen MR) is 114 cm³/mol. The summed E-state index contributed by atoms with van der Waals surface area (Å²) in [6, 6.07) is 9.36. The number of nitrogens with one attached hydrogen (secondary N) is 1. The van der Waals surface area contributed by atoms with E-state index in [1.54, 1.807) is 27.4 Å². The Balaban J connectivity index is 1.90. The van der Waals surface area contributed by atoms with Crippen molar-refractivity contribution in [3.05, 3.63) is 41.5 Å². The maximum atomic E-state index is 12.2. The lowest BCUT2D eigenvalue weighted by molar-refractivity contribution is 0.0636. The highest BCUT2D eigenvalue weighted by atomic mass is 16.6. The molecule has 0 aromatic heterocycles. The van der Waals surface area contributed by atoms with Crippen molar-refractivity contribution in [3.8, 4) is 23.0 Å². The van der Waals surface area contributed by atoms with E-state index in [0.29, 0.717) is 28.7 Å². The normalized spacial score (nSPS) is 17.6.